The maximum absolute atomic E-state index is 14.0. The highest BCUT2D eigenvalue weighted by molar-refractivity contribution is 6.04. The van der Waals surface area contributed by atoms with Gasteiger partial charge in [0.15, 0.2) is 0 Å². The Bertz CT molecular complexity index is 1470. The van der Waals surface area contributed by atoms with Gasteiger partial charge in [0.25, 0.3) is 5.91 Å². The number of pyridine rings is 1. The number of benzene rings is 2. The van der Waals surface area contributed by atoms with Crippen LogP contribution in [0.1, 0.15) is 43.7 Å². The molecule has 0 saturated carbocycles. The number of aryl methyl sites for hydroxylation is 1. The highest BCUT2D eigenvalue weighted by atomic mass is 19.4. The molecule has 4 rings (SSSR count). The van der Waals surface area contributed by atoms with Crippen molar-refractivity contribution in [2.45, 2.75) is 19.6 Å². The molecule has 7 nitrogen and oxygen atoms in total. The normalized spacial score (nSPS) is 14.2. The van der Waals surface area contributed by atoms with Crippen molar-refractivity contribution < 1.29 is 18.0 Å². The Labute approximate surface area is 231 Å². The van der Waals surface area contributed by atoms with Crippen LogP contribution in [0.25, 0.3) is 0 Å². The molecule has 1 aromatic heterocycles. The van der Waals surface area contributed by atoms with Crippen LogP contribution in [0.4, 0.5) is 24.5 Å². The Kier molecular flexibility index (Phi) is 8.87. The van der Waals surface area contributed by atoms with E-state index < -0.39 is 17.6 Å². The molecule has 0 atom stereocenters. The summed E-state index contributed by atoms with van der Waals surface area (Å²) in [5.74, 6) is 5.44. The summed E-state index contributed by atoms with van der Waals surface area (Å²) in [6, 6.07) is 8.89. The number of carbonyl (C=O) groups is 1. The Morgan fingerprint density at radius 1 is 1.07 bits per heavy atom. The second-order valence-electron chi connectivity index (χ2n) is 9.73. The minimum Gasteiger partial charge on any atom is -0.386 e. The third-order valence-corrected chi connectivity index (χ3v) is 6.90. The molecule has 208 valence electrons. The van der Waals surface area contributed by atoms with Gasteiger partial charge in [-0.15, -0.1) is 0 Å². The summed E-state index contributed by atoms with van der Waals surface area (Å²) in [7, 11) is 3.72. The molecule has 1 aliphatic heterocycles. The summed E-state index contributed by atoms with van der Waals surface area (Å²) in [5.41, 5.74) is 3.01. The predicted octanol–water partition coefficient (Wildman–Crippen LogP) is 4.85. The first-order valence-corrected chi connectivity index (χ1v) is 12.8. The molecule has 3 N–H and O–H groups in total. The number of rotatable bonds is 6. The van der Waals surface area contributed by atoms with Gasteiger partial charge in [0.1, 0.15) is 0 Å². The lowest BCUT2D eigenvalue weighted by Crippen LogP contribution is -2.44. The quantitative estimate of drug-likeness (QED) is 0.303. The number of alkyl halides is 3. The molecule has 1 amide bonds. The molecule has 0 aliphatic carbocycles. The summed E-state index contributed by atoms with van der Waals surface area (Å²) in [6.45, 7) is 5.02. The molecule has 1 saturated heterocycles. The van der Waals surface area contributed by atoms with Gasteiger partial charge >= 0.3 is 6.18 Å². The summed E-state index contributed by atoms with van der Waals surface area (Å²) in [6.07, 6.45) is -0.205. The van der Waals surface area contributed by atoms with Crippen LogP contribution >= 0.6 is 0 Å². The van der Waals surface area contributed by atoms with E-state index in [-0.39, 0.29) is 17.7 Å². The molecule has 2 heterocycles. The molecule has 0 radical (unpaired) electrons. The number of carbonyl (C=O) groups excluding carboxylic acids is 1. The van der Waals surface area contributed by atoms with E-state index in [1.807, 2.05) is 18.9 Å². The highest BCUT2D eigenvalue weighted by Crippen LogP contribution is 2.34. The Balaban J connectivity index is 1.55. The van der Waals surface area contributed by atoms with E-state index in [0.29, 0.717) is 41.2 Å². The minimum atomic E-state index is -4.58. The van der Waals surface area contributed by atoms with Crippen LogP contribution in [0.5, 0.6) is 0 Å². The van der Waals surface area contributed by atoms with E-state index in [4.69, 9.17) is 5.41 Å². The van der Waals surface area contributed by atoms with Gasteiger partial charge in [0.05, 0.1) is 23.0 Å². The largest absolute Gasteiger partial charge is 0.416 e. The standard InChI is InChI=1S/C30H31F3N6O/c1-20-4-9-25(14-21(20)5-7-23-17-36-18-28(35-2)26(23)16-34)37-29(40)22-6-8-24(27(15-22)30(31,32)33)19-39-12-10-38(3)11-13-39/h4,6,8-9,14-18,34-35H,10-13,19H2,1-3H3,(H,37,40). The molecule has 2 aromatic carbocycles. The number of aromatic nitrogens is 1. The molecular weight excluding hydrogens is 517 g/mol. The predicted molar refractivity (Wildman–Crippen MR) is 151 cm³/mol. The molecular formula is C30H31F3N6O. The fourth-order valence-corrected chi connectivity index (χ4v) is 4.46. The van der Waals surface area contributed by atoms with Gasteiger partial charge in [-0.2, -0.15) is 13.2 Å². The molecule has 0 bridgehead atoms. The SMILES string of the molecule is CNc1cncc(C#Cc2cc(NC(=O)c3ccc(CN4CCN(C)CC4)c(C(F)(F)F)c3)ccc2C)c1C=N. The van der Waals surface area contributed by atoms with Gasteiger partial charge in [0.2, 0.25) is 0 Å². The first kappa shape index (κ1) is 28.8. The van der Waals surface area contributed by atoms with Gasteiger partial charge in [-0.3, -0.25) is 14.7 Å². The van der Waals surface area contributed by atoms with Crippen molar-refractivity contribution in [2.24, 2.45) is 0 Å². The molecule has 0 spiro atoms. The van der Waals surface area contributed by atoms with Crippen molar-refractivity contribution in [2.75, 3.05) is 50.9 Å². The first-order valence-electron chi connectivity index (χ1n) is 12.8. The van der Waals surface area contributed by atoms with Crippen molar-refractivity contribution in [3.8, 4) is 11.8 Å². The second-order valence-corrected chi connectivity index (χ2v) is 9.73. The molecule has 1 aliphatic rings. The fourth-order valence-electron chi connectivity index (χ4n) is 4.46. The van der Waals surface area contributed by atoms with Crippen LogP contribution in [-0.2, 0) is 12.7 Å². The molecule has 0 unspecified atom stereocenters. The van der Waals surface area contributed by atoms with Gasteiger partial charge in [-0.1, -0.05) is 24.0 Å². The number of halogens is 3. The van der Waals surface area contributed by atoms with Crippen molar-refractivity contribution in [3.05, 3.63) is 87.7 Å². The van der Waals surface area contributed by atoms with E-state index in [0.717, 1.165) is 24.7 Å². The van der Waals surface area contributed by atoms with Gasteiger partial charge in [-0.25, -0.2) is 0 Å². The summed E-state index contributed by atoms with van der Waals surface area (Å²) < 4.78 is 41.9. The van der Waals surface area contributed by atoms with Crippen LogP contribution in [0, 0.1) is 24.2 Å². The average molecular weight is 549 g/mol. The van der Waals surface area contributed by atoms with Crippen LogP contribution < -0.4 is 10.6 Å². The number of anilines is 2. The number of hydrogen-bond donors (Lipinski definition) is 3. The summed E-state index contributed by atoms with van der Waals surface area (Å²) in [5, 5.41) is 13.4. The van der Waals surface area contributed by atoms with E-state index in [1.165, 1.54) is 18.3 Å². The maximum atomic E-state index is 14.0. The lowest BCUT2D eigenvalue weighted by molar-refractivity contribution is -0.138. The van der Waals surface area contributed by atoms with Crippen LogP contribution in [0.15, 0.2) is 48.8 Å². The first-order chi connectivity index (χ1) is 19.1. The van der Waals surface area contributed by atoms with Crippen molar-refractivity contribution in [3.63, 3.8) is 0 Å². The lowest BCUT2D eigenvalue weighted by atomic mass is 10.0. The van der Waals surface area contributed by atoms with Crippen molar-refractivity contribution >= 4 is 23.5 Å². The Hall–Kier alpha value is -4.20. The Morgan fingerprint density at radius 2 is 1.80 bits per heavy atom. The van der Waals surface area contributed by atoms with Gasteiger partial charge in [0, 0.05) is 74.6 Å². The number of nitrogens with one attached hydrogen (secondary N) is 3. The second kappa shape index (κ2) is 12.3. The van der Waals surface area contributed by atoms with E-state index in [2.05, 4.69) is 32.4 Å². The van der Waals surface area contributed by atoms with Crippen molar-refractivity contribution in [1.82, 2.24) is 14.8 Å². The zero-order valence-corrected chi connectivity index (χ0v) is 22.6. The average Bonchev–Trinajstić information content (AvgIpc) is 2.93. The topological polar surface area (TPSA) is 84.4 Å². The number of hydrogen-bond acceptors (Lipinski definition) is 6. The van der Waals surface area contributed by atoms with Crippen molar-refractivity contribution in [1.29, 1.82) is 5.41 Å². The van der Waals surface area contributed by atoms with Gasteiger partial charge in [-0.05, 0) is 49.4 Å². The zero-order valence-electron chi connectivity index (χ0n) is 22.6. The highest BCUT2D eigenvalue weighted by Gasteiger charge is 2.34. The molecule has 40 heavy (non-hydrogen) atoms. The summed E-state index contributed by atoms with van der Waals surface area (Å²) >= 11 is 0. The molecule has 3 aromatic rings. The zero-order chi connectivity index (χ0) is 28.9. The number of amides is 1. The number of nitrogens with zero attached hydrogens (tertiary/aromatic N) is 3. The summed E-state index contributed by atoms with van der Waals surface area (Å²) in [4.78, 5) is 21.3. The van der Waals surface area contributed by atoms with Crippen LogP contribution in [-0.4, -0.2) is 67.2 Å². The monoisotopic (exact) mass is 548 g/mol. The molecule has 10 heteroatoms. The lowest BCUT2D eigenvalue weighted by Gasteiger charge is -2.33. The molecule has 1 fully saturated rings. The van der Waals surface area contributed by atoms with Crippen LogP contribution in [0.2, 0.25) is 0 Å². The van der Waals surface area contributed by atoms with Crippen LogP contribution in [0.3, 0.4) is 0 Å². The fraction of sp³-hybridized carbons (Fsp3) is 0.300. The van der Waals surface area contributed by atoms with E-state index in [1.54, 1.807) is 37.6 Å². The third-order valence-electron chi connectivity index (χ3n) is 6.90. The van der Waals surface area contributed by atoms with E-state index in [9.17, 15) is 18.0 Å². The number of likely N-dealkylation sites (N-methyl/N-ethyl adjacent to an activating group) is 1. The van der Waals surface area contributed by atoms with E-state index >= 15 is 0 Å². The Morgan fingerprint density at radius 3 is 2.48 bits per heavy atom. The number of piperazine rings is 1. The minimum absolute atomic E-state index is 0.0757. The smallest absolute Gasteiger partial charge is 0.386 e. The third kappa shape index (κ3) is 6.86. The maximum Gasteiger partial charge on any atom is 0.416 e. The van der Waals surface area contributed by atoms with Gasteiger partial charge < -0.3 is 20.9 Å².